The van der Waals surface area contributed by atoms with Crippen LogP contribution in [0.4, 0.5) is 0 Å². The average molecular weight is 266 g/mol. The van der Waals surface area contributed by atoms with E-state index in [1.807, 2.05) is 0 Å². The van der Waals surface area contributed by atoms with Crippen LogP contribution < -0.4 is 5.73 Å². The van der Waals surface area contributed by atoms with E-state index in [1.165, 1.54) is 25.7 Å². The van der Waals surface area contributed by atoms with Crippen molar-refractivity contribution in [3.05, 3.63) is 11.6 Å². The van der Waals surface area contributed by atoms with E-state index < -0.39 is 11.5 Å². The molecule has 1 amide bonds. The van der Waals surface area contributed by atoms with Crippen molar-refractivity contribution in [2.45, 2.75) is 57.0 Å². The van der Waals surface area contributed by atoms with Gasteiger partial charge in [0.25, 0.3) is 0 Å². The predicted molar refractivity (Wildman–Crippen MR) is 75.6 cm³/mol. The molecule has 0 saturated carbocycles. The monoisotopic (exact) mass is 266 g/mol. The maximum atomic E-state index is 11.0. The quantitative estimate of drug-likeness (QED) is 0.742. The lowest BCUT2D eigenvalue weighted by molar-refractivity contribution is -0.125. The van der Waals surface area contributed by atoms with Gasteiger partial charge in [0.1, 0.15) is 0 Å². The Bertz CT molecular complexity index is 354. The third kappa shape index (κ3) is 4.62. The van der Waals surface area contributed by atoms with E-state index in [2.05, 4.69) is 11.0 Å². The molecule has 19 heavy (non-hydrogen) atoms. The fraction of sp³-hybridized carbons (Fsp3) is 0.800. The maximum Gasteiger partial charge on any atom is 0.220 e. The van der Waals surface area contributed by atoms with Crippen molar-refractivity contribution in [3.63, 3.8) is 0 Å². The lowest BCUT2D eigenvalue weighted by Crippen LogP contribution is -2.50. The SMILES string of the molecule is NC(=O)CC1(O)CCCN(CCC2=CCCCC2)C1. The second kappa shape index (κ2) is 6.53. The van der Waals surface area contributed by atoms with Gasteiger partial charge in [-0.3, -0.25) is 4.79 Å². The largest absolute Gasteiger partial charge is 0.388 e. The molecule has 1 unspecified atom stereocenters. The number of hydrogen-bond acceptors (Lipinski definition) is 3. The molecule has 0 spiro atoms. The van der Waals surface area contributed by atoms with E-state index in [0.29, 0.717) is 13.0 Å². The topological polar surface area (TPSA) is 66.6 Å². The van der Waals surface area contributed by atoms with E-state index in [4.69, 9.17) is 5.73 Å². The molecule has 0 bridgehead atoms. The van der Waals surface area contributed by atoms with Crippen molar-refractivity contribution in [2.24, 2.45) is 5.73 Å². The number of likely N-dealkylation sites (tertiary alicyclic amines) is 1. The summed E-state index contributed by atoms with van der Waals surface area (Å²) >= 11 is 0. The molecule has 1 aliphatic carbocycles. The molecule has 1 atom stereocenters. The van der Waals surface area contributed by atoms with Gasteiger partial charge in [-0.25, -0.2) is 0 Å². The number of nitrogens with zero attached hydrogens (tertiary/aromatic N) is 1. The third-order valence-corrected chi connectivity index (χ3v) is 4.27. The highest BCUT2D eigenvalue weighted by Gasteiger charge is 2.34. The Morgan fingerprint density at radius 3 is 2.95 bits per heavy atom. The lowest BCUT2D eigenvalue weighted by Gasteiger charge is -2.38. The van der Waals surface area contributed by atoms with E-state index in [0.717, 1.165) is 25.9 Å². The van der Waals surface area contributed by atoms with Crippen LogP contribution in [0.15, 0.2) is 11.6 Å². The van der Waals surface area contributed by atoms with Gasteiger partial charge in [0.15, 0.2) is 0 Å². The van der Waals surface area contributed by atoms with Crippen LogP contribution in [0.5, 0.6) is 0 Å². The number of β-amino-alcohol motifs (C(OH)–C–C–N with tert-alkyl or cyclic N) is 1. The molecule has 1 fully saturated rings. The molecule has 0 aromatic rings. The molecule has 2 rings (SSSR count). The molecule has 0 aromatic heterocycles. The fourth-order valence-electron chi connectivity index (χ4n) is 3.30. The van der Waals surface area contributed by atoms with Crippen LogP contribution in [-0.4, -0.2) is 41.1 Å². The average Bonchev–Trinajstić information content (AvgIpc) is 2.36. The summed E-state index contributed by atoms with van der Waals surface area (Å²) in [5.74, 6) is -0.403. The summed E-state index contributed by atoms with van der Waals surface area (Å²) in [4.78, 5) is 13.3. The molecule has 3 N–H and O–H groups in total. The molecule has 1 saturated heterocycles. The minimum atomic E-state index is -0.898. The van der Waals surface area contributed by atoms with Gasteiger partial charge in [0, 0.05) is 13.1 Å². The number of nitrogens with two attached hydrogens (primary N) is 1. The Balaban J connectivity index is 1.80. The summed E-state index contributed by atoms with van der Waals surface area (Å²) in [5.41, 5.74) is 5.89. The molecule has 1 heterocycles. The summed E-state index contributed by atoms with van der Waals surface area (Å²) in [7, 11) is 0. The number of hydrogen-bond donors (Lipinski definition) is 2. The fourth-order valence-corrected chi connectivity index (χ4v) is 3.30. The first-order valence-electron chi connectivity index (χ1n) is 7.48. The number of aliphatic hydroxyl groups is 1. The number of rotatable bonds is 5. The number of carbonyl (C=O) groups excluding carboxylic acids is 1. The Morgan fingerprint density at radius 1 is 1.42 bits per heavy atom. The van der Waals surface area contributed by atoms with Gasteiger partial charge in [-0.05, 0) is 51.5 Å². The van der Waals surface area contributed by atoms with Gasteiger partial charge in [0.2, 0.25) is 5.91 Å². The normalized spacial score (nSPS) is 29.0. The summed E-state index contributed by atoms with van der Waals surface area (Å²) in [6.07, 6.45) is 10.3. The van der Waals surface area contributed by atoms with Crippen LogP contribution in [0.25, 0.3) is 0 Å². The number of primary amides is 1. The first-order chi connectivity index (χ1) is 9.07. The Morgan fingerprint density at radius 2 is 2.26 bits per heavy atom. The highest BCUT2D eigenvalue weighted by molar-refractivity contribution is 5.75. The molecule has 4 heteroatoms. The van der Waals surface area contributed by atoms with E-state index in [1.54, 1.807) is 5.57 Å². The molecule has 0 aromatic carbocycles. The van der Waals surface area contributed by atoms with Gasteiger partial charge in [-0.1, -0.05) is 11.6 Å². The second-order valence-corrected chi connectivity index (χ2v) is 6.11. The smallest absolute Gasteiger partial charge is 0.220 e. The number of carbonyl (C=O) groups is 1. The molecule has 1 aliphatic heterocycles. The molecule has 0 radical (unpaired) electrons. The van der Waals surface area contributed by atoms with Crippen LogP contribution in [0.1, 0.15) is 51.4 Å². The van der Waals surface area contributed by atoms with Gasteiger partial charge < -0.3 is 15.7 Å². The van der Waals surface area contributed by atoms with Gasteiger partial charge >= 0.3 is 0 Å². The van der Waals surface area contributed by atoms with Gasteiger partial charge in [0.05, 0.1) is 12.0 Å². The molecular formula is C15H26N2O2. The van der Waals surface area contributed by atoms with E-state index >= 15 is 0 Å². The van der Waals surface area contributed by atoms with E-state index in [9.17, 15) is 9.90 Å². The van der Waals surface area contributed by atoms with Crippen molar-refractivity contribution in [2.75, 3.05) is 19.6 Å². The minimum Gasteiger partial charge on any atom is -0.388 e. The number of allylic oxidation sites excluding steroid dienone is 1. The predicted octanol–water partition coefficient (Wildman–Crippen LogP) is 1.58. The van der Waals surface area contributed by atoms with Crippen LogP contribution in [0, 0.1) is 0 Å². The van der Waals surface area contributed by atoms with Crippen LogP contribution in [0.2, 0.25) is 0 Å². The molecular weight excluding hydrogens is 240 g/mol. The summed E-state index contributed by atoms with van der Waals surface area (Å²) < 4.78 is 0. The van der Waals surface area contributed by atoms with Crippen molar-refractivity contribution in [3.8, 4) is 0 Å². The highest BCUT2D eigenvalue weighted by atomic mass is 16.3. The third-order valence-electron chi connectivity index (χ3n) is 4.27. The standard InChI is InChI=1S/C15H26N2O2/c16-14(18)11-15(19)8-4-9-17(12-15)10-7-13-5-2-1-3-6-13/h5,19H,1-4,6-12H2,(H2,16,18). The van der Waals surface area contributed by atoms with Gasteiger partial charge in [-0.2, -0.15) is 0 Å². The first-order valence-corrected chi connectivity index (χ1v) is 7.48. The molecule has 2 aliphatic rings. The van der Waals surface area contributed by atoms with Gasteiger partial charge in [-0.15, -0.1) is 0 Å². The molecule has 4 nitrogen and oxygen atoms in total. The highest BCUT2D eigenvalue weighted by Crippen LogP contribution is 2.26. The van der Waals surface area contributed by atoms with Crippen molar-refractivity contribution in [1.82, 2.24) is 4.90 Å². The zero-order valence-electron chi connectivity index (χ0n) is 11.7. The lowest BCUT2D eigenvalue weighted by atomic mass is 9.89. The second-order valence-electron chi connectivity index (χ2n) is 6.11. The molecule has 108 valence electrons. The van der Waals surface area contributed by atoms with Crippen molar-refractivity contribution < 1.29 is 9.90 Å². The zero-order chi connectivity index (χ0) is 13.7. The zero-order valence-corrected chi connectivity index (χ0v) is 11.7. The first kappa shape index (κ1) is 14.5. The summed E-state index contributed by atoms with van der Waals surface area (Å²) in [5, 5.41) is 10.4. The van der Waals surface area contributed by atoms with Crippen LogP contribution in [-0.2, 0) is 4.79 Å². The Hall–Kier alpha value is -0.870. The number of amides is 1. The summed E-state index contributed by atoms with van der Waals surface area (Å²) in [6.45, 7) is 2.60. The number of piperidine rings is 1. The van der Waals surface area contributed by atoms with Crippen molar-refractivity contribution >= 4 is 5.91 Å². The minimum absolute atomic E-state index is 0.0895. The van der Waals surface area contributed by atoms with Crippen LogP contribution >= 0.6 is 0 Å². The Labute approximate surface area is 115 Å². The summed E-state index contributed by atoms with van der Waals surface area (Å²) in [6, 6.07) is 0. The van der Waals surface area contributed by atoms with E-state index in [-0.39, 0.29) is 6.42 Å². The maximum absolute atomic E-state index is 11.0. The van der Waals surface area contributed by atoms with Crippen LogP contribution in [0.3, 0.4) is 0 Å². The van der Waals surface area contributed by atoms with Crippen molar-refractivity contribution in [1.29, 1.82) is 0 Å². The Kier molecular flexibility index (Phi) is 4.99.